The number of fused-ring (bicyclic) bond motifs is 1. The first-order chi connectivity index (χ1) is 9.24. The maximum atomic E-state index is 12.1. The van der Waals surface area contributed by atoms with Gasteiger partial charge < -0.3 is 14.7 Å². The third kappa shape index (κ3) is 2.31. The van der Waals surface area contributed by atoms with Gasteiger partial charge in [0.15, 0.2) is 0 Å². The van der Waals surface area contributed by atoms with Gasteiger partial charge in [0.1, 0.15) is 5.76 Å². The van der Waals surface area contributed by atoms with Gasteiger partial charge in [-0.25, -0.2) is 0 Å². The van der Waals surface area contributed by atoms with Gasteiger partial charge in [0.05, 0.1) is 17.9 Å². The highest BCUT2D eigenvalue weighted by atomic mass is 16.3. The second-order valence-electron chi connectivity index (χ2n) is 4.66. The summed E-state index contributed by atoms with van der Waals surface area (Å²) in [6.07, 6.45) is 5.91. The third-order valence-electron chi connectivity index (χ3n) is 3.40. The Morgan fingerprint density at radius 1 is 1.37 bits per heavy atom. The fraction of sp³-hybridized carbons (Fsp3) is 0.286. The predicted molar refractivity (Wildman–Crippen MR) is 68.9 cm³/mol. The standard InChI is InChI=1S/C14H14N2O3/c17-13-5-4-9(8-15-13)14(18)16-11-2-1-3-12-10(11)6-7-19-12/h4-8,11H,1-3H2,(H,15,17)(H,16,18)/t11-/m1/s1. The van der Waals surface area contributed by atoms with E-state index >= 15 is 0 Å². The molecule has 0 bridgehead atoms. The summed E-state index contributed by atoms with van der Waals surface area (Å²) in [5.74, 6) is 0.772. The van der Waals surface area contributed by atoms with Crippen LogP contribution in [0.25, 0.3) is 0 Å². The van der Waals surface area contributed by atoms with Crippen LogP contribution in [0.3, 0.4) is 0 Å². The van der Waals surface area contributed by atoms with Crippen LogP contribution in [0.2, 0.25) is 0 Å². The number of hydrogen-bond donors (Lipinski definition) is 2. The predicted octanol–water partition coefficient (Wildman–Crippen LogP) is 1.78. The number of hydrogen-bond acceptors (Lipinski definition) is 3. The molecule has 0 aromatic carbocycles. The van der Waals surface area contributed by atoms with Gasteiger partial charge in [-0.2, -0.15) is 0 Å². The summed E-state index contributed by atoms with van der Waals surface area (Å²) in [6, 6.07) is 4.76. The van der Waals surface area contributed by atoms with E-state index in [2.05, 4.69) is 10.3 Å². The van der Waals surface area contributed by atoms with Crippen LogP contribution in [0.4, 0.5) is 0 Å². The molecule has 0 aliphatic heterocycles. The van der Waals surface area contributed by atoms with Gasteiger partial charge >= 0.3 is 0 Å². The van der Waals surface area contributed by atoms with E-state index < -0.39 is 0 Å². The van der Waals surface area contributed by atoms with Crippen molar-refractivity contribution in [2.75, 3.05) is 0 Å². The van der Waals surface area contributed by atoms with Crippen molar-refractivity contribution in [2.45, 2.75) is 25.3 Å². The highest BCUT2D eigenvalue weighted by Crippen LogP contribution is 2.30. The van der Waals surface area contributed by atoms with Gasteiger partial charge in [-0.3, -0.25) is 9.59 Å². The number of carbonyl (C=O) groups is 1. The lowest BCUT2D eigenvalue weighted by Crippen LogP contribution is -2.30. The van der Waals surface area contributed by atoms with Crippen molar-refractivity contribution >= 4 is 5.91 Å². The lowest BCUT2D eigenvalue weighted by atomic mass is 9.93. The lowest BCUT2D eigenvalue weighted by molar-refractivity contribution is 0.0932. The Bertz CT molecular complexity index is 636. The zero-order valence-electron chi connectivity index (χ0n) is 10.3. The van der Waals surface area contributed by atoms with Crippen molar-refractivity contribution in [1.29, 1.82) is 0 Å². The van der Waals surface area contributed by atoms with E-state index in [0.717, 1.165) is 30.6 Å². The Morgan fingerprint density at radius 2 is 2.26 bits per heavy atom. The quantitative estimate of drug-likeness (QED) is 0.862. The number of nitrogens with one attached hydrogen (secondary N) is 2. The van der Waals surface area contributed by atoms with Crippen molar-refractivity contribution in [2.24, 2.45) is 0 Å². The van der Waals surface area contributed by atoms with Gasteiger partial charge in [-0.15, -0.1) is 0 Å². The van der Waals surface area contributed by atoms with Gasteiger partial charge in [-0.1, -0.05) is 0 Å². The van der Waals surface area contributed by atoms with E-state index in [1.54, 1.807) is 6.26 Å². The molecule has 1 aliphatic rings. The Kier molecular flexibility index (Phi) is 2.95. The molecule has 98 valence electrons. The molecule has 3 rings (SSSR count). The number of aromatic amines is 1. The normalized spacial score (nSPS) is 17.8. The summed E-state index contributed by atoms with van der Waals surface area (Å²) < 4.78 is 5.39. The van der Waals surface area contributed by atoms with E-state index in [0.29, 0.717) is 5.56 Å². The van der Waals surface area contributed by atoms with Crippen LogP contribution in [0.15, 0.2) is 39.9 Å². The maximum absolute atomic E-state index is 12.1. The number of aromatic nitrogens is 1. The Morgan fingerprint density at radius 3 is 3.05 bits per heavy atom. The second kappa shape index (κ2) is 4.76. The first-order valence-electron chi connectivity index (χ1n) is 6.30. The molecule has 2 heterocycles. The summed E-state index contributed by atoms with van der Waals surface area (Å²) in [5.41, 5.74) is 1.30. The molecule has 0 spiro atoms. The molecular weight excluding hydrogens is 244 g/mol. The number of amides is 1. The fourth-order valence-corrected chi connectivity index (χ4v) is 2.43. The number of aryl methyl sites for hydroxylation is 1. The number of H-pyrrole nitrogens is 1. The monoisotopic (exact) mass is 258 g/mol. The Balaban J connectivity index is 1.78. The molecule has 1 aliphatic carbocycles. The molecular formula is C14H14N2O3. The summed E-state index contributed by atoms with van der Waals surface area (Å²) in [5, 5.41) is 2.98. The van der Waals surface area contributed by atoms with Gasteiger partial charge in [0, 0.05) is 24.2 Å². The van der Waals surface area contributed by atoms with Gasteiger partial charge in [-0.05, 0) is 25.0 Å². The summed E-state index contributed by atoms with van der Waals surface area (Å²) >= 11 is 0. The van der Waals surface area contributed by atoms with Crippen molar-refractivity contribution in [3.63, 3.8) is 0 Å². The van der Waals surface area contributed by atoms with Crippen LogP contribution in [-0.4, -0.2) is 10.9 Å². The topological polar surface area (TPSA) is 75.1 Å². The van der Waals surface area contributed by atoms with Crippen LogP contribution in [0, 0.1) is 0 Å². The van der Waals surface area contributed by atoms with E-state index in [1.165, 1.54) is 18.3 Å². The van der Waals surface area contributed by atoms with Gasteiger partial charge in [0.2, 0.25) is 5.56 Å². The van der Waals surface area contributed by atoms with Crippen LogP contribution < -0.4 is 10.9 Å². The number of carbonyl (C=O) groups excluding carboxylic acids is 1. The zero-order chi connectivity index (χ0) is 13.2. The van der Waals surface area contributed by atoms with Crippen LogP contribution >= 0.6 is 0 Å². The molecule has 0 unspecified atom stereocenters. The van der Waals surface area contributed by atoms with Gasteiger partial charge in [0.25, 0.3) is 5.91 Å². The Labute approximate surface area is 109 Å². The third-order valence-corrected chi connectivity index (χ3v) is 3.40. The first kappa shape index (κ1) is 11.8. The SMILES string of the molecule is O=C(N[C@@H]1CCCc2occc21)c1ccc(=O)[nH]c1. The van der Waals surface area contributed by atoms with E-state index in [-0.39, 0.29) is 17.5 Å². The molecule has 0 saturated heterocycles. The van der Waals surface area contributed by atoms with Crippen molar-refractivity contribution in [3.05, 3.63) is 57.9 Å². The Hall–Kier alpha value is -2.30. The molecule has 1 atom stereocenters. The summed E-state index contributed by atoms with van der Waals surface area (Å²) in [7, 11) is 0. The molecule has 19 heavy (non-hydrogen) atoms. The number of rotatable bonds is 2. The minimum Gasteiger partial charge on any atom is -0.469 e. The average Bonchev–Trinajstić information content (AvgIpc) is 2.89. The zero-order valence-corrected chi connectivity index (χ0v) is 10.3. The lowest BCUT2D eigenvalue weighted by Gasteiger charge is -2.22. The first-order valence-corrected chi connectivity index (χ1v) is 6.30. The van der Waals surface area contributed by atoms with Crippen molar-refractivity contribution in [3.8, 4) is 0 Å². The average molecular weight is 258 g/mol. The van der Waals surface area contributed by atoms with E-state index in [4.69, 9.17) is 4.42 Å². The smallest absolute Gasteiger partial charge is 0.253 e. The minimum atomic E-state index is -0.216. The van der Waals surface area contributed by atoms with Crippen molar-refractivity contribution < 1.29 is 9.21 Å². The maximum Gasteiger partial charge on any atom is 0.253 e. The largest absolute Gasteiger partial charge is 0.469 e. The summed E-state index contributed by atoms with van der Waals surface area (Å²) in [6.45, 7) is 0. The molecule has 0 fully saturated rings. The molecule has 2 aromatic rings. The molecule has 1 amide bonds. The summed E-state index contributed by atoms with van der Waals surface area (Å²) in [4.78, 5) is 25.6. The molecule has 0 radical (unpaired) electrons. The molecule has 5 heteroatoms. The number of furan rings is 1. The van der Waals surface area contributed by atoms with E-state index in [9.17, 15) is 9.59 Å². The van der Waals surface area contributed by atoms with E-state index in [1.807, 2.05) is 6.07 Å². The molecule has 5 nitrogen and oxygen atoms in total. The fourth-order valence-electron chi connectivity index (χ4n) is 2.43. The van der Waals surface area contributed by atoms with Crippen LogP contribution in [0.1, 0.15) is 40.6 Å². The van der Waals surface area contributed by atoms with Crippen molar-refractivity contribution in [1.82, 2.24) is 10.3 Å². The highest BCUT2D eigenvalue weighted by Gasteiger charge is 2.24. The highest BCUT2D eigenvalue weighted by molar-refractivity contribution is 5.94. The number of pyridine rings is 1. The second-order valence-corrected chi connectivity index (χ2v) is 4.66. The van der Waals surface area contributed by atoms with Crippen LogP contribution in [0.5, 0.6) is 0 Å². The minimum absolute atomic E-state index is 0.0121. The molecule has 0 saturated carbocycles. The molecule has 2 aromatic heterocycles. The van der Waals surface area contributed by atoms with Crippen LogP contribution in [-0.2, 0) is 6.42 Å². The molecule has 2 N–H and O–H groups in total.